The van der Waals surface area contributed by atoms with Crippen molar-refractivity contribution in [3.63, 3.8) is 0 Å². The molecule has 18 heavy (non-hydrogen) atoms. The number of hydrogen-bond donors (Lipinski definition) is 2. The molecule has 0 spiro atoms. The number of rotatable bonds is 7. The minimum atomic E-state index is -0.134. The van der Waals surface area contributed by atoms with Gasteiger partial charge in [-0.3, -0.25) is 4.79 Å². The minimum Gasteiger partial charge on any atom is -0.395 e. The maximum atomic E-state index is 12.2. The van der Waals surface area contributed by atoms with E-state index in [1.165, 1.54) is 0 Å². The molecule has 0 aliphatic carbocycles. The lowest BCUT2D eigenvalue weighted by atomic mass is 10.3. The van der Waals surface area contributed by atoms with Crippen molar-refractivity contribution in [2.75, 3.05) is 31.6 Å². The van der Waals surface area contributed by atoms with Crippen LogP contribution in [-0.4, -0.2) is 47.1 Å². The van der Waals surface area contributed by atoms with E-state index in [1.807, 2.05) is 19.9 Å². The summed E-state index contributed by atoms with van der Waals surface area (Å²) in [6, 6.07) is 5.33. The fourth-order valence-corrected chi connectivity index (χ4v) is 1.70. The van der Waals surface area contributed by atoms with Crippen molar-refractivity contribution in [3.8, 4) is 0 Å². The second-order valence-electron chi connectivity index (χ2n) is 3.95. The Kier molecular flexibility index (Phi) is 6.14. The van der Waals surface area contributed by atoms with Crippen LogP contribution in [0, 0.1) is 0 Å². The Morgan fingerprint density at radius 3 is 2.78 bits per heavy atom. The number of hydrogen-bond acceptors (Lipinski definition) is 4. The van der Waals surface area contributed by atoms with E-state index in [2.05, 4.69) is 10.3 Å². The first-order chi connectivity index (χ1) is 8.72. The van der Waals surface area contributed by atoms with Gasteiger partial charge in [0.2, 0.25) is 0 Å². The summed E-state index contributed by atoms with van der Waals surface area (Å²) in [6.07, 6.45) is 0.860. The zero-order chi connectivity index (χ0) is 13.4. The molecule has 1 amide bonds. The maximum Gasteiger partial charge on any atom is 0.272 e. The van der Waals surface area contributed by atoms with E-state index in [1.54, 1.807) is 17.0 Å². The van der Waals surface area contributed by atoms with Gasteiger partial charge >= 0.3 is 0 Å². The van der Waals surface area contributed by atoms with Crippen LogP contribution in [0.3, 0.4) is 0 Å². The fourth-order valence-electron chi connectivity index (χ4n) is 1.70. The zero-order valence-electron chi connectivity index (χ0n) is 11.0. The molecule has 0 atom stereocenters. The molecule has 0 unspecified atom stereocenters. The molecule has 0 aliphatic rings. The Balaban J connectivity index is 2.82. The molecule has 0 aromatic carbocycles. The van der Waals surface area contributed by atoms with Crippen LogP contribution in [0.5, 0.6) is 0 Å². The van der Waals surface area contributed by atoms with Crippen molar-refractivity contribution in [1.29, 1.82) is 0 Å². The lowest BCUT2D eigenvalue weighted by molar-refractivity contribution is 0.0716. The van der Waals surface area contributed by atoms with E-state index in [0.29, 0.717) is 24.6 Å². The first kappa shape index (κ1) is 14.4. The van der Waals surface area contributed by atoms with E-state index < -0.39 is 0 Å². The number of aromatic nitrogens is 1. The first-order valence-corrected chi connectivity index (χ1v) is 6.34. The molecular formula is C13H21N3O2. The summed E-state index contributed by atoms with van der Waals surface area (Å²) in [5, 5.41) is 12.0. The summed E-state index contributed by atoms with van der Waals surface area (Å²) in [4.78, 5) is 18.1. The monoisotopic (exact) mass is 251 g/mol. The second kappa shape index (κ2) is 7.66. The van der Waals surface area contributed by atoms with Gasteiger partial charge in [0.1, 0.15) is 11.5 Å². The third kappa shape index (κ3) is 4.00. The average Bonchev–Trinajstić information content (AvgIpc) is 2.38. The zero-order valence-corrected chi connectivity index (χ0v) is 11.0. The molecule has 1 rings (SSSR count). The molecule has 5 heteroatoms. The number of carbonyl (C=O) groups excluding carboxylic acids is 1. The van der Waals surface area contributed by atoms with E-state index in [0.717, 1.165) is 13.0 Å². The normalized spacial score (nSPS) is 10.2. The summed E-state index contributed by atoms with van der Waals surface area (Å²) < 4.78 is 0. The van der Waals surface area contributed by atoms with Gasteiger partial charge in [-0.05, 0) is 25.5 Å². The van der Waals surface area contributed by atoms with Gasteiger partial charge in [-0.1, -0.05) is 13.0 Å². The standard InChI is InChI=1S/C13H21N3O2/c1-3-8-16(9-10-17)13(18)11-6-5-7-12(15-11)14-4-2/h5-7,17H,3-4,8-10H2,1-2H3,(H,14,15). The van der Waals surface area contributed by atoms with Crippen molar-refractivity contribution < 1.29 is 9.90 Å². The predicted octanol–water partition coefficient (Wildman–Crippen LogP) is 1.36. The summed E-state index contributed by atoms with van der Waals surface area (Å²) in [5.74, 6) is 0.564. The van der Waals surface area contributed by atoms with Gasteiger partial charge < -0.3 is 15.3 Å². The number of pyridine rings is 1. The number of aliphatic hydroxyl groups is 1. The summed E-state index contributed by atoms with van der Waals surface area (Å²) in [5.41, 5.74) is 0.412. The van der Waals surface area contributed by atoms with Crippen LogP contribution < -0.4 is 5.32 Å². The summed E-state index contributed by atoms with van der Waals surface area (Å²) in [6.45, 7) is 5.69. The van der Waals surface area contributed by atoms with Gasteiger partial charge in [0.05, 0.1) is 6.61 Å². The molecule has 1 aromatic heterocycles. The Morgan fingerprint density at radius 1 is 1.39 bits per heavy atom. The van der Waals surface area contributed by atoms with Gasteiger partial charge in [-0.15, -0.1) is 0 Å². The molecule has 0 radical (unpaired) electrons. The largest absolute Gasteiger partial charge is 0.395 e. The maximum absolute atomic E-state index is 12.2. The molecule has 0 aliphatic heterocycles. The predicted molar refractivity (Wildman–Crippen MR) is 71.7 cm³/mol. The SMILES string of the molecule is CCCN(CCO)C(=O)c1cccc(NCC)n1. The van der Waals surface area contributed by atoms with Crippen LogP contribution >= 0.6 is 0 Å². The molecule has 2 N–H and O–H groups in total. The Hall–Kier alpha value is -1.62. The second-order valence-corrected chi connectivity index (χ2v) is 3.95. The molecule has 0 fully saturated rings. The van der Waals surface area contributed by atoms with Crippen LogP contribution in [0.2, 0.25) is 0 Å². The highest BCUT2D eigenvalue weighted by atomic mass is 16.3. The van der Waals surface area contributed by atoms with Crippen molar-refractivity contribution in [3.05, 3.63) is 23.9 Å². The van der Waals surface area contributed by atoms with Crippen LogP contribution in [0.25, 0.3) is 0 Å². The van der Waals surface area contributed by atoms with Crippen LogP contribution in [0.1, 0.15) is 30.8 Å². The van der Waals surface area contributed by atoms with Gasteiger partial charge in [0.15, 0.2) is 0 Å². The molecule has 0 saturated heterocycles. The topological polar surface area (TPSA) is 65.5 Å². The van der Waals surface area contributed by atoms with Gasteiger partial charge in [-0.2, -0.15) is 0 Å². The third-order valence-corrected chi connectivity index (χ3v) is 2.48. The number of nitrogens with one attached hydrogen (secondary N) is 1. The molecule has 0 bridgehead atoms. The van der Waals surface area contributed by atoms with Crippen LogP contribution in [0.4, 0.5) is 5.82 Å². The van der Waals surface area contributed by atoms with Gasteiger partial charge in [0, 0.05) is 19.6 Å². The quantitative estimate of drug-likeness (QED) is 0.768. The van der Waals surface area contributed by atoms with E-state index in [4.69, 9.17) is 5.11 Å². The molecule has 100 valence electrons. The number of amides is 1. The Bertz CT molecular complexity index is 376. The fraction of sp³-hybridized carbons (Fsp3) is 0.538. The highest BCUT2D eigenvalue weighted by Crippen LogP contribution is 2.08. The van der Waals surface area contributed by atoms with E-state index >= 15 is 0 Å². The number of anilines is 1. The average molecular weight is 251 g/mol. The number of nitrogens with zero attached hydrogens (tertiary/aromatic N) is 2. The Labute approximate surface area is 108 Å². The third-order valence-electron chi connectivity index (χ3n) is 2.48. The van der Waals surface area contributed by atoms with Crippen LogP contribution in [-0.2, 0) is 0 Å². The molecule has 1 heterocycles. The smallest absolute Gasteiger partial charge is 0.272 e. The van der Waals surface area contributed by atoms with Crippen molar-refractivity contribution in [2.45, 2.75) is 20.3 Å². The van der Waals surface area contributed by atoms with Crippen molar-refractivity contribution in [1.82, 2.24) is 9.88 Å². The summed E-state index contributed by atoms with van der Waals surface area (Å²) >= 11 is 0. The minimum absolute atomic E-state index is 0.0291. The highest BCUT2D eigenvalue weighted by molar-refractivity contribution is 5.92. The first-order valence-electron chi connectivity index (χ1n) is 6.34. The lowest BCUT2D eigenvalue weighted by Gasteiger charge is -2.20. The lowest BCUT2D eigenvalue weighted by Crippen LogP contribution is -2.34. The molecule has 1 aromatic rings. The van der Waals surface area contributed by atoms with Gasteiger partial charge in [0.25, 0.3) is 5.91 Å². The van der Waals surface area contributed by atoms with E-state index in [9.17, 15) is 4.79 Å². The number of carbonyl (C=O) groups is 1. The summed E-state index contributed by atoms with van der Waals surface area (Å²) in [7, 11) is 0. The molecule has 5 nitrogen and oxygen atoms in total. The van der Waals surface area contributed by atoms with Crippen molar-refractivity contribution in [2.24, 2.45) is 0 Å². The Morgan fingerprint density at radius 2 is 2.17 bits per heavy atom. The molecule has 0 saturated carbocycles. The van der Waals surface area contributed by atoms with Gasteiger partial charge in [-0.25, -0.2) is 4.98 Å². The highest BCUT2D eigenvalue weighted by Gasteiger charge is 2.15. The van der Waals surface area contributed by atoms with Crippen molar-refractivity contribution >= 4 is 11.7 Å². The van der Waals surface area contributed by atoms with Crippen LogP contribution in [0.15, 0.2) is 18.2 Å². The molecular weight excluding hydrogens is 230 g/mol. The van der Waals surface area contributed by atoms with E-state index in [-0.39, 0.29) is 12.5 Å². The number of aliphatic hydroxyl groups excluding tert-OH is 1.